The van der Waals surface area contributed by atoms with Gasteiger partial charge >= 0.3 is 0 Å². The molecule has 0 aliphatic carbocycles. The van der Waals surface area contributed by atoms with Gasteiger partial charge in [0.25, 0.3) is 5.91 Å². The van der Waals surface area contributed by atoms with Crippen molar-refractivity contribution in [3.63, 3.8) is 0 Å². The van der Waals surface area contributed by atoms with Crippen LogP contribution in [0.2, 0.25) is 0 Å². The molecule has 1 amide bonds. The van der Waals surface area contributed by atoms with Gasteiger partial charge in [0, 0.05) is 53.4 Å². The van der Waals surface area contributed by atoms with Crippen LogP contribution in [0.5, 0.6) is 0 Å². The molecule has 0 spiro atoms. The fourth-order valence-electron chi connectivity index (χ4n) is 3.72. The molecule has 8 heteroatoms. The van der Waals surface area contributed by atoms with Crippen molar-refractivity contribution in [1.82, 2.24) is 15.1 Å². The molecule has 2 fully saturated rings. The summed E-state index contributed by atoms with van der Waals surface area (Å²) in [7, 11) is 3.64. The lowest BCUT2D eigenvalue weighted by atomic mass is 10.2. The Morgan fingerprint density at radius 3 is 2.59 bits per heavy atom. The molecule has 0 radical (unpaired) electrons. The number of guanidine groups is 1. The molecule has 1 aromatic carbocycles. The van der Waals surface area contributed by atoms with Gasteiger partial charge in [0.05, 0.1) is 12.2 Å². The van der Waals surface area contributed by atoms with Gasteiger partial charge in [-0.05, 0) is 37.5 Å². The Kier molecular flexibility index (Phi) is 7.30. The SMILES string of the molecule is CCNC(=NCc1ccc(N(C)C)c(F)c1)N1CCN(C(=O)C2CCCO2)CC1. The molecule has 2 aliphatic rings. The molecule has 2 heterocycles. The first-order chi connectivity index (χ1) is 14.0. The average Bonchev–Trinajstić information content (AvgIpc) is 3.25. The van der Waals surface area contributed by atoms with Gasteiger partial charge in [-0.15, -0.1) is 0 Å². The summed E-state index contributed by atoms with van der Waals surface area (Å²) < 4.78 is 19.7. The summed E-state index contributed by atoms with van der Waals surface area (Å²) in [6, 6.07) is 5.23. The number of anilines is 1. The van der Waals surface area contributed by atoms with E-state index in [0.29, 0.717) is 31.9 Å². The number of amides is 1. The maximum Gasteiger partial charge on any atom is 0.251 e. The van der Waals surface area contributed by atoms with E-state index in [0.717, 1.165) is 44.0 Å². The van der Waals surface area contributed by atoms with Gasteiger partial charge in [0.2, 0.25) is 0 Å². The number of nitrogens with one attached hydrogen (secondary N) is 1. The Morgan fingerprint density at radius 1 is 1.28 bits per heavy atom. The summed E-state index contributed by atoms with van der Waals surface area (Å²) in [5, 5.41) is 3.31. The van der Waals surface area contributed by atoms with Gasteiger partial charge in [0.15, 0.2) is 5.96 Å². The number of halogens is 1. The van der Waals surface area contributed by atoms with Crippen molar-refractivity contribution in [1.29, 1.82) is 0 Å². The predicted molar refractivity (Wildman–Crippen MR) is 113 cm³/mol. The van der Waals surface area contributed by atoms with Crippen LogP contribution in [0.15, 0.2) is 23.2 Å². The lowest BCUT2D eigenvalue weighted by Gasteiger charge is -2.37. The fourth-order valence-corrected chi connectivity index (χ4v) is 3.72. The summed E-state index contributed by atoms with van der Waals surface area (Å²) in [5.41, 5.74) is 1.40. The third-order valence-electron chi connectivity index (χ3n) is 5.34. The van der Waals surface area contributed by atoms with Crippen LogP contribution in [0.4, 0.5) is 10.1 Å². The molecule has 0 aromatic heterocycles. The van der Waals surface area contributed by atoms with Gasteiger partial charge < -0.3 is 24.8 Å². The Bertz CT molecular complexity index is 726. The highest BCUT2D eigenvalue weighted by molar-refractivity contribution is 5.82. The minimum Gasteiger partial charge on any atom is -0.375 e. The van der Waals surface area contributed by atoms with Crippen LogP contribution in [0.3, 0.4) is 0 Å². The Hall–Kier alpha value is -2.35. The Labute approximate surface area is 172 Å². The lowest BCUT2D eigenvalue weighted by molar-refractivity contribution is -0.142. The number of carbonyl (C=O) groups is 1. The van der Waals surface area contributed by atoms with Gasteiger partial charge in [-0.1, -0.05) is 6.07 Å². The summed E-state index contributed by atoms with van der Waals surface area (Å²) in [6.07, 6.45) is 1.53. The number of ether oxygens (including phenoxy) is 1. The summed E-state index contributed by atoms with van der Waals surface area (Å²) in [4.78, 5) is 23.0. The van der Waals surface area contributed by atoms with Crippen LogP contribution in [-0.2, 0) is 16.1 Å². The summed E-state index contributed by atoms with van der Waals surface area (Å²) >= 11 is 0. The molecule has 1 aromatic rings. The number of hydrogen-bond acceptors (Lipinski definition) is 4. The molecule has 1 N–H and O–H groups in total. The average molecular weight is 406 g/mol. The van der Waals surface area contributed by atoms with Gasteiger partial charge in [-0.25, -0.2) is 9.38 Å². The molecule has 0 bridgehead atoms. The van der Waals surface area contributed by atoms with Crippen molar-refractivity contribution in [3.05, 3.63) is 29.6 Å². The largest absolute Gasteiger partial charge is 0.375 e. The fraction of sp³-hybridized carbons (Fsp3) is 0.619. The Morgan fingerprint density at radius 2 is 2.00 bits per heavy atom. The van der Waals surface area contributed by atoms with E-state index in [9.17, 15) is 9.18 Å². The second kappa shape index (κ2) is 9.91. The van der Waals surface area contributed by atoms with E-state index >= 15 is 0 Å². The smallest absolute Gasteiger partial charge is 0.251 e. The van der Waals surface area contributed by atoms with Crippen LogP contribution in [0, 0.1) is 5.82 Å². The molecule has 2 aliphatic heterocycles. The van der Waals surface area contributed by atoms with Crippen molar-refractivity contribution >= 4 is 17.6 Å². The number of piperazine rings is 1. The number of rotatable bonds is 5. The maximum absolute atomic E-state index is 14.2. The van der Waals surface area contributed by atoms with E-state index in [4.69, 9.17) is 9.73 Å². The number of benzene rings is 1. The minimum atomic E-state index is -0.261. The van der Waals surface area contributed by atoms with E-state index in [2.05, 4.69) is 10.2 Å². The number of hydrogen-bond donors (Lipinski definition) is 1. The van der Waals surface area contributed by atoms with E-state index in [1.54, 1.807) is 17.0 Å². The van der Waals surface area contributed by atoms with Crippen LogP contribution in [0.25, 0.3) is 0 Å². The molecule has 7 nitrogen and oxygen atoms in total. The first-order valence-corrected chi connectivity index (χ1v) is 10.4. The second-order valence-corrected chi connectivity index (χ2v) is 7.66. The standard InChI is InChI=1S/C21H32FN5O2/c1-4-23-21(24-15-16-7-8-18(25(2)3)17(22)14-16)27-11-9-26(10-12-27)20(28)19-6-5-13-29-19/h7-8,14,19H,4-6,9-13,15H2,1-3H3,(H,23,24). The molecular formula is C21H32FN5O2. The van der Waals surface area contributed by atoms with Crippen LogP contribution >= 0.6 is 0 Å². The molecule has 3 rings (SSSR count). The van der Waals surface area contributed by atoms with Crippen molar-refractivity contribution < 1.29 is 13.9 Å². The topological polar surface area (TPSA) is 60.4 Å². The predicted octanol–water partition coefficient (Wildman–Crippen LogP) is 1.68. The monoisotopic (exact) mass is 405 g/mol. The third kappa shape index (κ3) is 5.38. The zero-order valence-corrected chi connectivity index (χ0v) is 17.7. The van der Waals surface area contributed by atoms with E-state index in [1.165, 1.54) is 0 Å². The maximum atomic E-state index is 14.2. The van der Waals surface area contributed by atoms with Gasteiger partial charge in [-0.2, -0.15) is 0 Å². The van der Waals surface area contributed by atoms with Crippen molar-refractivity contribution in [3.8, 4) is 0 Å². The van der Waals surface area contributed by atoms with E-state index in [-0.39, 0.29) is 17.8 Å². The minimum absolute atomic E-state index is 0.112. The van der Waals surface area contributed by atoms with E-state index < -0.39 is 0 Å². The molecule has 0 saturated carbocycles. The van der Waals surface area contributed by atoms with Crippen molar-refractivity contribution in [2.75, 3.05) is 58.3 Å². The molecule has 1 atom stereocenters. The van der Waals surface area contributed by atoms with E-state index in [1.807, 2.05) is 32.0 Å². The highest BCUT2D eigenvalue weighted by Gasteiger charge is 2.30. The first kappa shape index (κ1) is 21.4. The van der Waals surface area contributed by atoms with Crippen LogP contribution in [-0.4, -0.2) is 81.2 Å². The summed E-state index contributed by atoms with van der Waals surface area (Å²) in [6.45, 7) is 6.63. The van der Waals surface area contributed by atoms with Crippen molar-refractivity contribution in [2.24, 2.45) is 4.99 Å². The molecule has 29 heavy (non-hydrogen) atoms. The Balaban J connectivity index is 1.59. The van der Waals surface area contributed by atoms with Gasteiger partial charge in [-0.3, -0.25) is 4.79 Å². The highest BCUT2D eigenvalue weighted by Crippen LogP contribution is 2.19. The summed E-state index contributed by atoms with van der Waals surface area (Å²) in [5.74, 6) is 0.670. The molecule has 160 valence electrons. The second-order valence-electron chi connectivity index (χ2n) is 7.66. The molecule has 1 unspecified atom stereocenters. The molecular weight excluding hydrogens is 373 g/mol. The number of carbonyl (C=O) groups excluding carboxylic acids is 1. The number of nitrogens with zero attached hydrogens (tertiary/aromatic N) is 4. The lowest BCUT2D eigenvalue weighted by Crippen LogP contribution is -2.55. The van der Waals surface area contributed by atoms with Crippen molar-refractivity contribution in [2.45, 2.75) is 32.4 Å². The zero-order valence-electron chi connectivity index (χ0n) is 17.7. The molecule has 2 saturated heterocycles. The van der Waals surface area contributed by atoms with Gasteiger partial charge in [0.1, 0.15) is 11.9 Å². The normalized spacial score (nSPS) is 20.1. The highest BCUT2D eigenvalue weighted by atomic mass is 19.1. The van der Waals surface area contributed by atoms with Crippen LogP contribution < -0.4 is 10.2 Å². The van der Waals surface area contributed by atoms with Crippen LogP contribution in [0.1, 0.15) is 25.3 Å². The third-order valence-corrected chi connectivity index (χ3v) is 5.34. The zero-order chi connectivity index (χ0) is 20.8. The number of aliphatic imine (C=N–C) groups is 1. The first-order valence-electron chi connectivity index (χ1n) is 10.4. The quantitative estimate of drug-likeness (QED) is 0.597.